The molecule has 1 heterocycles. The van der Waals surface area contributed by atoms with Crippen LogP contribution in [-0.4, -0.2) is 9.97 Å². The molecule has 0 unspecified atom stereocenters. The molecule has 0 amide bonds. The quantitative estimate of drug-likeness (QED) is 0.397. The minimum Gasteiger partial charge on any atom is -0.289 e. The minimum absolute atomic E-state index is 0.0208. The highest BCUT2D eigenvalue weighted by Gasteiger charge is 2.12. The van der Waals surface area contributed by atoms with Crippen molar-refractivity contribution >= 4 is 43.6 Å². The van der Waals surface area contributed by atoms with Gasteiger partial charge in [0.2, 0.25) is 0 Å². The molecule has 0 spiro atoms. The molecule has 0 bridgehead atoms. The Bertz CT molecular complexity index is 1310. The summed E-state index contributed by atoms with van der Waals surface area (Å²) < 4.78 is 0. The maximum absolute atomic E-state index is 13.1. The van der Waals surface area contributed by atoms with Gasteiger partial charge in [-0.3, -0.25) is 4.79 Å². The monoisotopic (exact) mass is 336 g/mol. The SMILES string of the molecule is Cc1cc2nc3c4ccccc4c(=O)c4ccccc4c3nc2cc1C. The van der Waals surface area contributed by atoms with Gasteiger partial charge in [0, 0.05) is 21.5 Å². The lowest BCUT2D eigenvalue weighted by atomic mass is 10.1. The summed E-state index contributed by atoms with van der Waals surface area (Å²) in [5.74, 6) is 0. The van der Waals surface area contributed by atoms with Crippen molar-refractivity contribution in [3.05, 3.63) is 82.0 Å². The Balaban J connectivity index is 2.19. The van der Waals surface area contributed by atoms with Crippen molar-refractivity contribution in [1.82, 2.24) is 9.97 Å². The lowest BCUT2D eigenvalue weighted by molar-refractivity contribution is 1.32. The van der Waals surface area contributed by atoms with Crippen molar-refractivity contribution in [1.29, 1.82) is 0 Å². The third-order valence-corrected chi connectivity index (χ3v) is 5.13. The Morgan fingerprint density at radius 3 is 1.42 bits per heavy atom. The topological polar surface area (TPSA) is 42.9 Å². The van der Waals surface area contributed by atoms with Crippen LogP contribution in [0.5, 0.6) is 0 Å². The van der Waals surface area contributed by atoms with Crippen LogP contribution >= 0.6 is 0 Å². The Hall–Kier alpha value is -3.33. The highest BCUT2D eigenvalue weighted by Crippen LogP contribution is 2.28. The molecule has 0 N–H and O–H groups in total. The Morgan fingerprint density at radius 2 is 1.00 bits per heavy atom. The van der Waals surface area contributed by atoms with Crippen LogP contribution in [0.3, 0.4) is 0 Å². The van der Waals surface area contributed by atoms with Crippen LogP contribution < -0.4 is 5.43 Å². The number of benzene rings is 3. The fourth-order valence-corrected chi connectivity index (χ4v) is 3.61. The third kappa shape index (κ3) is 2.04. The maximum atomic E-state index is 13.1. The number of aromatic nitrogens is 2. The first-order valence-electron chi connectivity index (χ1n) is 8.66. The molecule has 0 aliphatic heterocycles. The third-order valence-electron chi connectivity index (χ3n) is 5.13. The zero-order chi connectivity index (χ0) is 17.8. The highest BCUT2D eigenvalue weighted by molar-refractivity contribution is 6.15. The van der Waals surface area contributed by atoms with Gasteiger partial charge in [0.25, 0.3) is 0 Å². The Morgan fingerprint density at radius 1 is 0.615 bits per heavy atom. The number of hydrogen-bond donors (Lipinski definition) is 0. The van der Waals surface area contributed by atoms with Gasteiger partial charge in [0.05, 0.1) is 22.1 Å². The summed E-state index contributed by atoms with van der Waals surface area (Å²) in [5, 5.41) is 3.04. The summed E-state index contributed by atoms with van der Waals surface area (Å²) in [6.07, 6.45) is 0. The highest BCUT2D eigenvalue weighted by atomic mass is 16.1. The molecule has 0 radical (unpaired) electrons. The Kier molecular flexibility index (Phi) is 3.07. The summed E-state index contributed by atoms with van der Waals surface area (Å²) >= 11 is 0. The van der Waals surface area contributed by atoms with Gasteiger partial charge >= 0.3 is 0 Å². The largest absolute Gasteiger partial charge is 0.289 e. The van der Waals surface area contributed by atoms with Gasteiger partial charge in [-0.15, -0.1) is 0 Å². The lowest BCUT2D eigenvalue weighted by Crippen LogP contribution is -1.97. The molecule has 0 aliphatic carbocycles. The molecule has 0 atom stereocenters. The van der Waals surface area contributed by atoms with E-state index in [1.165, 1.54) is 11.1 Å². The summed E-state index contributed by atoms with van der Waals surface area (Å²) in [4.78, 5) is 23.0. The zero-order valence-electron chi connectivity index (χ0n) is 14.6. The van der Waals surface area contributed by atoms with Crippen molar-refractivity contribution in [2.75, 3.05) is 0 Å². The maximum Gasteiger partial charge on any atom is 0.194 e. The summed E-state index contributed by atoms with van der Waals surface area (Å²) in [7, 11) is 0. The standard InChI is InChI=1S/C23H16N2O/c1-13-11-19-20(12-14(13)2)25-22-16-8-4-6-10-18(16)23(26)17-9-5-3-7-15(17)21(22)24-19/h3-12H,1-2H3. The Labute approximate surface area is 149 Å². The van der Waals surface area contributed by atoms with E-state index >= 15 is 0 Å². The molecule has 26 heavy (non-hydrogen) atoms. The van der Waals surface area contributed by atoms with Crippen molar-refractivity contribution in [3.8, 4) is 0 Å². The van der Waals surface area contributed by atoms with Crippen LogP contribution in [-0.2, 0) is 0 Å². The second-order valence-electron chi connectivity index (χ2n) is 6.77. The van der Waals surface area contributed by atoms with E-state index in [9.17, 15) is 4.79 Å². The second-order valence-corrected chi connectivity index (χ2v) is 6.77. The smallest absolute Gasteiger partial charge is 0.194 e. The summed E-state index contributed by atoms with van der Waals surface area (Å²) in [5.41, 5.74) is 5.65. The number of aryl methyl sites for hydroxylation is 2. The molecule has 124 valence electrons. The van der Waals surface area contributed by atoms with Gasteiger partial charge in [0.15, 0.2) is 5.43 Å². The van der Waals surface area contributed by atoms with E-state index in [0.29, 0.717) is 10.8 Å². The molecule has 5 rings (SSSR count). The van der Waals surface area contributed by atoms with E-state index in [1.807, 2.05) is 48.5 Å². The molecular formula is C23H16N2O. The average molecular weight is 336 g/mol. The van der Waals surface area contributed by atoms with Gasteiger partial charge in [-0.2, -0.15) is 0 Å². The van der Waals surface area contributed by atoms with Crippen molar-refractivity contribution in [3.63, 3.8) is 0 Å². The first-order valence-corrected chi connectivity index (χ1v) is 8.66. The molecule has 3 nitrogen and oxygen atoms in total. The average Bonchev–Trinajstić information content (AvgIpc) is 2.76. The normalized spacial score (nSPS) is 11.6. The van der Waals surface area contributed by atoms with Crippen molar-refractivity contribution in [2.24, 2.45) is 0 Å². The molecule has 0 aliphatic rings. The first-order chi connectivity index (χ1) is 12.6. The number of rotatable bonds is 0. The van der Waals surface area contributed by atoms with Crippen LogP contribution in [0.4, 0.5) is 0 Å². The molecule has 4 aromatic carbocycles. The minimum atomic E-state index is 0.0208. The molecule has 3 heteroatoms. The van der Waals surface area contributed by atoms with Gasteiger partial charge in [-0.1, -0.05) is 48.5 Å². The molecule has 5 aromatic rings. The van der Waals surface area contributed by atoms with E-state index in [1.54, 1.807) is 0 Å². The summed E-state index contributed by atoms with van der Waals surface area (Å²) in [6, 6.07) is 19.5. The van der Waals surface area contributed by atoms with E-state index < -0.39 is 0 Å². The van der Waals surface area contributed by atoms with Gasteiger partial charge in [-0.05, 0) is 37.1 Å². The molecule has 1 aromatic heterocycles. The van der Waals surface area contributed by atoms with Gasteiger partial charge < -0.3 is 0 Å². The van der Waals surface area contributed by atoms with Crippen LogP contribution in [0.2, 0.25) is 0 Å². The number of hydrogen-bond acceptors (Lipinski definition) is 3. The van der Waals surface area contributed by atoms with Crippen LogP contribution in [0.15, 0.2) is 65.5 Å². The molecule has 0 fully saturated rings. The van der Waals surface area contributed by atoms with E-state index in [0.717, 1.165) is 32.8 Å². The molecule has 0 saturated heterocycles. The van der Waals surface area contributed by atoms with E-state index in [2.05, 4.69) is 26.0 Å². The van der Waals surface area contributed by atoms with Crippen LogP contribution in [0.1, 0.15) is 11.1 Å². The number of nitrogens with zero attached hydrogens (tertiary/aromatic N) is 2. The fraction of sp³-hybridized carbons (Fsp3) is 0.0870. The molecule has 0 saturated carbocycles. The zero-order valence-corrected chi connectivity index (χ0v) is 14.6. The summed E-state index contributed by atoms with van der Waals surface area (Å²) in [6.45, 7) is 4.16. The second kappa shape index (κ2) is 5.33. The van der Waals surface area contributed by atoms with Crippen LogP contribution in [0, 0.1) is 13.8 Å². The van der Waals surface area contributed by atoms with Gasteiger partial charge in [0.1, 0.15) is 0 Å². The van der Waals surface area contributed by atoms with Crippen molar-refractivity contribution < 1.29 is 0 Å². The van der Waals surface area contributed by atoms with Crippen LogP contribution in [0.25, 0.3) is 43.6 Å². The molecular weight excluding hydrogens is 320 g/mol. The van der Waals surface area contributed by atoms with E-state index in [4.69, 9.17) is 9.97 Å². The fourth-order valence-electron chi connectivity index (χ4n) is 3.61. The first kappa shape index (κ1) is 15.0. The van der Waals surface area contributed by atoms with Gasteiger partial charge in [-0.25, -0.2) is 9.97 Å². The predicted octanol–water partition coefficient (Wildman–Crippen LogP) is 5.07. The van der Waals surface area contributed by atoms with Crippen molar-refractivity contribution in [2.45, 2.75) is 13.8 Å². The number of fused-ring (bicyclic) bond motifs is 6. The van der Waals surface area contributed by atoms with E-state index in [-0.39, 0.29) is 5.43 Å². The lowest BCUT2D eigenvalue weighted by Gasteiger charge is -2.05. The predicted molar refractivity (Wildman–Crippen MR) is 108 cm³/mol.